The highest BCUT2D eigenvalue weighted by Crippen LogP contribution is 2.22. The molecule has 0 aliphatic rings. The number of ether oxygens (including phenoxy) is 1. The second-order valence-corrected chi connectivity index (χ2v) is 4.11. The SMILES string of the molecule is COC(=O)C(N)Cc1c(C)[nH]c2ccccc12. The van der Waals surface area contributed by atoms with Crippen molar-refractivity contribution < 1.29 is 9.53 Å². The molecule has 0 radical (unpaired) electrons. The first-order valence-corrected chi connectivity index (χ1v) is 5.53. The molecule has 0 aliphatic heterocycles. The Bertz CT molecular complexity index is 545. The summed E-state index contributed by atoms with van der Waals surface area (Å²) in [5, 5.41) is 1.12. The molecule has 4 nitrogen and oxygen atoms in total. The Balaban J connectivity index is 2.35. The number of carbonyl (C=O) groups is 1. The zero-order chi connectivity index (χ0) is 12.4. The smallest absolute Gasteiger partial charge is 0.322 e. The van der Waals surface area contributed by atoms with E-state index in [9.17, 15) is 4.79 Å². The Labute approximate surface area is 99.8 Å². The number of hydrogen-bond donors (Lipinski definition) is 2. The van der Waals surface area contributed by atoms with E-state index in [0.717, 1.165) is 22.2 Å². The van der Waals surface area contributed by atoms with E-state index in [1.807, 2.05) is 31.2 Å². The van der Waals surface area contributed by atoms with Crippen LogP contribution in [-0.2, 0) is 16.0 Å². The van der Waals surface area contributed by atoms with Gasteiger partial charge in [0, 0.05) is 23.0 Å². The maximum absolute atomic E-state index is 11.3. The molecular formula is C13H16N2O2. The van der Waals surface area contributed by atoms with Gasteiger partial charge in [0.05, 0.1) is 7.11 Å². The molecule has 2 aromatic rings. The lowest BCUT2D eigenvalue weighted by Gasteiger charge is -2.09. The summed E-state index contributed by atoms with van der Waals surface area (Å²) in [7, 11) is 1.35. The minimum Gasteiger partial charge on any atom is -0.468 e. The normalized spacial score (nSPS) is 12.6. The predicted molar refractivity (Wildman–Crippen MR) is 66.7 cm³/mol. The van der Waals surface area contributed by atoms with Crippen LogP contribution in [0.4, 0.5) is 0 Å². The number of aromatic amines is 1. The molecule has 0 fully saturated rings. The molecule has 1 aromatic heterocycles. The fourth-order valence-corrected chi connectivity index (χ4v) is 2.05. The number of aryl methyl sites for hydroxylation is 1. The van der Waals surface area contributed by atoms with Gasteiger partial charge in [-0.05, 0) is 18.6 Å². The molecule has 90 valence electrons. The average Bonchev–Trinajstić information content (AvgIpc) is 2.65. The van der Waals surface area contributed by atoms with E-state index >= 15 is 0 Å². The minimum atomic E-state index is -0.613. The highest BCUT2D eigenvalue weighted by molar-refractivity contribution is 5.85. The molecule has 0 amide bonds. The number of H-pyrrole nitrogens is 1. The number of nitrogens with one attached hydrogen (secondary N) is 1. The highest BCUT2D eigenvalue weighted by atomic mass is 16.5. The standard InChI is InChI=1S/C13H16N2O2/c1-8-10(7-11(14)13(16)17-2)9-5-3-4-6-12(9)15-8/h3-6,11,15H,7,14H2,1-2H3. The van der Waals surface area contributed by atoms with Crippen molar-refractivity contribution in [3.05, 3.63) is 35.5 Å². The molecule has 4 heteroatoms. The second-order valence-electron chi connectivity index (χ2n) is 4.11. The third-order valence-electron chi connectivity index (χ3n) is 2.95. The summed E-state index contributed by atoms with van der Waals surface area (Å²) in [5.74, 6) is -0.380. The minimum absolute atomic E-state index is 0.380. The third-order valence-corrected chi connectivity index (χ3v) is 2.95. The van der Waals surface area contributed by atoms with E-state index in [2.05, 4.69) is 9.72 Å². The Hall–Kier alpha value is -1.81. The van der Waals surface area contributed by atoms with Crippen molar-refractivity contribution in [1.82, 2.24) is 4.98 Å². The number of benzene rings is 1. The Morgan fingerprint density at radius 1 is 1.47 bits per heavy atom. The predicted octanol–water partition coefficient (Wildman–Crippen LogP) is 1.52. The summed E-state index contributed by atoms with van der Waals surface area (Å²) in [6.07, 6.45) is 0.489. The van der Waals surface area contributed by atoms with Crippen LogP contribution in [0.15, 0.2) is 24.3 Å². The number of carbonyl (C=O) groups excluding carboxylic acids is 1. The lowest BCUT2D eigenvalue weighted by molar-refractivity contribution is -0.142. The molecule has 1 unspecified atom stereocenters. The van der Waals surface area contributed by atoms with Gasteiger partial charge in [0.25, 0.3) is 0 Å². The van der Waals surface area contributed by atoms with Crippen LogP contribution in [0.5, 0.6) is 0 Å². The molecule has 0 aliphatic carbocycles. The van der Waals surface area contributed by atoms with Gasteiger partial charge in [0.1, 0.15) is 6.04 Å². The number of aromatic nitrogens is 1. The van der Waals surface area contributed by atoms with Gasteiger partial charge < -0.3 is 15.5 Å². The van der Waals surface area contributed by atoms with E-state index in [0.29, 0.717) is 6.42 Å². The lowest BCUT2D eigenvalue weighted by atomic mass is 10.0. The highest BCUT2D eigenvalue weighted by Gasteiger charge is 2.18. The molecule has 1 aromatic carbocycles. The monoisotopic (exact) mass is 232 g/mol. The van der Waals surface area contributed by atoms with E-state index in [-0.39, 0.29) is 5.97 Å². The fourth-order valence-electron chi connectivity index (χ4n) is 2.05. The Kier molecular flexibility index (Phi) is 3.15. The molecule has 3 N–H and O–H groups in total. The van der Waals surface area contributed by atoms with Crippen molar-refractivity contribution >= 4 is 16.9 Å². The number of para-hydroxylation sites is 1. The summed E-state index contributed by atoms with van der Waals surface area (Å²) in [5.41, 5.74) is 8.99. The summed E-state index contributed by atoms with van der Waals surface area (Å²) in [6, 6.07) is 7.37. The first-order valence-electron chi connectivity index (χ1n) is 5.53. The summed E-state index contributed by atoms with van der Waals surface area (Å²) in [4.78, 5) is 14.6. The number of nitrogens with two attached hydrogens (primary N) is 1. The molecular weight excluding hydrogens is 216 g/mol. The van der Waals surface area contributed by atoms with Crippen LogP contribution in [0.1, 0.15) is 11.3 Å². The molecule has 2 rings (SSSR count). The van der Waals surface area contributed by atoms with Crippen LogP contribution in [0.2, 0.25) is 0 Å². The van der Waals surface area contributed by atoms with E-state index in [4.69, 9.17) is 5.73 Å². The first kappa shape index (κ1) is 11.7. The van der Waals surface area contributed by atoms with Gasteiger partial charge in [-0.15, -0.1) is 0 Å². The molecule has 17 heavy (non-hydrogen) atoms. The van der Waals surface area contributed by atoms with Crippen molar-refractivity contribution in [2.45, 2.75) is 19.4 Å². The molecule has 0 saturated heterocycles. The molecule has 0 spiro atoms. The van der Waals surface area contributed by atoms with Crippen LogP contribution in [0, 0.1) is 6.92 Å². The van der Waals surface area contributed by atoms with Crippen LogP contribution in [0.25, 0.3) is 10.9 Å². The van der Waals surface area contributed by atoms with Crippen LogP contribution >= 0.6 is 0 Å². The maximum atomic E-state index is 11.3. The van der Waals surface area contributed by atoms with Crippen molar-refractivity contribution in [1.29, 1.82) is 0 Å². The first-order chi connectivity index (χ1) is 8.13. The quantitative estimate of drug-likeness (QED) is 0.788. The average molecular weight is 232 g/mol. The van der Waals surface area contributed by atoms with Gasteiger partial charge in [0.15, 0.2) is 0 Å². The van der Waals surface area contributed by atoms with Gasteiger partial charge in [-0.2, -0.15) is 0 Å². The Morgan fingerprint density at radius 3 is 2.88 bits per heavy atom. The Morgan fingerprint density at radius 2 is 2.18 bits per heavy atom. The molecule has 1 atom stereocenters. The topological polar surface area (TPSA) is 68.1 Å². The van der Waals surface area contributed by atoms with Crippen molar-refractivity contribution in [3.63, 3.8) is 0 Å². The van der Waals surface area contributed by atoms with Crippen molar-refractivity contribution in [2.24, 2.45) is 5.73 Å². The summed E-state index contributed by atoms with van der Waals surface area (Å²) < 4.78 is 4.64. The van der Waals surface area contributed by atoms with Crippen LogP contribution in [-0.4, -0.2) is 24.1 Å². The molecule has 1 heterocycles. The maximum Gasteiger partial charge on any atom is 0.322 e. The van der Waals surface area contributed by atoms with Gasteiger partial charge in [-0.1, -0.05) is 18.2 Å². The van der Waals surface area contributed by atoms with Gasteiger partial charge in [0.2, 0.25) is 0 Å². The van der Waals surface area contributed by atoms with E-state index in [1.165, 1.54) is 7.11 Å². The largest absolute Gasteiger partial charge is 0.468 e. The van der Waals surface area contributed by atoms with Crippen molar-refractivity contribution in [2.75, 3.05) is 7.11 Å². The second kappa shape index (κ2) is 4.59. The zero-order valence-corrected chi connectivity index (χ0v) is 9.99. The number of fused-ring (bicyclic) bond motifs is 1. The van der Waals surface area contributed by atoms with Crippen LogP contribution < -0.4 is 5.73 Å². The van der Waals surface area contributed by atoms with Gasteiger partial charge in [-0.3, -0.25) is 4.79 Å². The van der Waals surface area contributed by atoms with Crippen LogP contribution in [0.3, 0.4) is 0 Å². The zero-order valence-electron chi connectivity index (χ0n) is 9.99. The number of esters is 1. The number of rotatable bonds is 3. The summed E-state index contributed by atoms with van der Waals surface area (Å²) in [6.45, 7) is 1.99. The van der Waals surface area contributed by atoms with E-state index in [1.54, 1.807) is 0 Å². The van der Waals surface area contributed by atoms with Gasteiger partial charge >= 0.3 is 5.97 Å². The molecule has 0 bridgehead atoms. The summed E-state index contributed by atoms with van der Waals surface area (Å²) >= 11 is 0. The fraction of sp³-hybridized carbons (Fsp3) is 0.308. The van der Waals surface area contributed by atoms with E-state index < -0.39 is 6.04 Å². The lowest BCUT2D eigenvalue weighted by Crippen LogP contribution is -2.33. The molecule has 0 saturated carbocycles. The van der Waals surface area contributed by atoms with Crippen molar-refractivity contribution in [3.8, 4) is 0 Å². The third kappa shape index (κ3) is 2.17. The number of methoxy groups -OCH3 is 1. The van der Waals surface area contributed by atoms with Gasteiger partial charge in [-0.25, -0.2) is 0 Å². The number of hydrogen-bond acceptors (Lipinski definition) is 3.